The highest BCUT2D eigenvalue weighted by molar-refractivity contribution is 7.15. The summed E-state index contributed by atoms with van der Waals surface area (Å²) >= 11 is 1.41. The third kappa shape index (κ3) is 4.82. The maximum Gasteiger partial charge on any atom is 0.229 e. The van der Waals surface area contributed by atoms with E-state index >= 15 is 0 Å². The van der Waals surface area contributed by atoms with Gasteiger partial charge in [0.15, 0.2) is 0 Å². The van der Waals surface area contributed by atoms with Crippen LogP contribution in [0, 0.1) is 6.92 Å². The molecule has 2 aromatic rings. The summed E-state index contributed by atoms with van der Waals surface area (Å²) in [6.07, 6.45) is 0.282. The number of amides is 1. The minimum Gasteiger partial charge on any atom is -0.493 e. The molecule has 112 valence electrons. The second-order valence-electron chi connectivity index (χ2n) is 5.06. The van der Waals surface area contributed by atoms with Crippen molar-refractivity contribution in [2.45, 2.75) is 33.1 Å². The van der Waals surface area contributed by atoms with Crippen LogP contribution in [0.15, 0.2) is 24.3 Å². The standard InChI is InChI=1S/C15H19N3O2S/c1-10(2)14-17-18-15(21-14)16-13(19)8-9-20-12-6-4-11(3)5-7-12/h4-7,10H,8-9H2,1-3H3,(H,16,18,19). The number of aromatic nitrogens is 2. The van der Waals surface area contributed by atoms with Gasteiger partial charge in [-0.05, 0) is 19.1 Å². The van der Waals surface area contributed by atoms with Crippen LogP contribution in [0.3, 0.4) is 0 Å². The molecule has 1 N–H and O–H groups in total. The lowest BCUT2D eigenvalue weighted by atomic mass is 10.2. The van der Waals surface area contributed by atoms with E-state index in [4.69, 9.17) is 4.74 Å². The highest BCUT2D eigenvalue weighted by Gasteiger charge is 2.10. The van der Waals surface area contributed by atoms with Crippen molar-refractivity contribution in [3.05, 3.63) is 34.8 Å². The third-order valence-corrected chi connectivity index (χ3v) is 3.94. The Kier molecular flexibility index (Phi) is 5.27. The fraction of sp³-hybridized carbons (Fsp3) is 0.400. The molecule has 1 amide bonds. The number of rotatable bonds is 6. The average molecular weight is 305 g/mol. The predicted molar refractivity (Wildman–Crippen MR) is 83.9 cm³/mol. The zero-order valence-corrected chi connectivity index (χ0v) is 13.2. The molecular weight excluding hydrogens is 286 g/mol. The average Bonchev–Trinajstić information content (AvgIpc) is 2.90. The molecule has 5 nitrogen and oxygen atoms in total. The number of hydrogen-bond acceptors (Lipinski definition) is 5. The molecule has 0 saturated heterocycles. The van der Waals surface area contributed by atoms with Gasteiger partial charge in [0.05, 0.1) is 13.0 Å². The number of carbonyl (C=O) groups excluding carboxylic acids is 1. The fourth-order valence-corrected chi connectivity index (χ4v) is 2.36. The lowest BCUT2D eigenvalue weighted by Gasteiger charge is -2.06. The Balaban J connectivity index is 1.75. The molecule has 1 aromatic heterocycles. The number of anilines is 1. The largest absolute Gasteiger partial charge is 0.493 e. The Morgan fingerprint density at radius 1 is 1.29 bits per heavy atom. The van der Waals surface area contributed by atoms with Crippen molar-refractivity contribution in [1.82, 2.24) is 10.2 Å². The van der Waals surface area contributed by atoms with E-state index < -0.39 is 0 Å². The van der Waals surface area contributed by atoms with Gasteiger partial charge in [-0.25, -0.2) is 0 Å². The fourth-order valence-electron chi connectivity index (χ4n) is 1.60. The van der Waals surface area contributed by atoms with Gasteiger partial charge in [0.25, 0.3) is 0 Å². The van der Waals surface area contributed by atoms with E-state index in [9.17, 15) is 4.79 Å². The Morgan fingerprint density at radius 3 is 2.62 bits per heavy atom. The summed E-state index contributed by atoms with van der Waals surface area (Å²) in [6.45, 7) is 6.44. The minimum absolute atomic E-state index is 0.117. The summed E-state index contributed by atoms with van der Waals surface area (Å²) in [5.74, 6) is 0.970. The molecule has 0 unspecified atom stereocenters. The van der Waals surface area contributed by atoms with E-state index in [0.29, 0.717) is 17.7 Å². The summed E-state index contributed by atoms with van der Waals surface area (Å²) < 4.78 is 5.52. The molecule has 1 aromatic carbocycles. The SMILES string of the molecule is Cc1ccc(OCCC(=O)Nc2nnc(C(C)C)s2)cc1. The second kappa shape index (κ2) is 7.17. The Morgan fingerprint density at radius 2 is 2.00 bits per heavy atom. The maximum atomic E-state index is 11.8. The van der Waals surface area contributed by atoms with Gasteiger partial charge in [-0.1, -0.05) is 42.9 Å². The summed E-state index contributed by atoms with van der Waals surface area (Å²) in [5.41, 5.74) is 1.18. The molecule has 0 saturated carbocycles. The highest BCUT2D eigenvalue weighted by atomic mass is 32.1. The summed E-state index contributed by atoms with van der Waals surface area (Å²) in [4.78, 5) is 11.8. The van der Waals surface area contributed by atoms with E-state index in [1.807, 2.05) is 45.0 Å². The van der Waals surface area contributed by atoms with Crippen molar-refractivity contribution in [1.29, 1.82) is 0 Å². The van der Waals surface area contributed by atoms with Crippen LogP contribution in [0.1, 0.15) is 36.8 Å². The van der Waals surface area contributed by atoms with E-state index in [0.717, 1.165) is 10.8 Å². The number of hydrogen-bond donors (Lipinski definition) is 1. The molecule has 0 aliphatic carbocycles. The summed E-state index contributed by atoms with van der Waals surface area (Å²) in [6, 6.07) is 7.74. The predicted octanol–water partition coefficient (Wildman–Crippen LogP) is 3.38. The number of ether oxygens (including phenoxy) is 1. The number of nitrogens with zero attached hydrogens (tertiary/aromatic N) is 2. The molecule has 0 aliphatic rings. The van der Waals surface area contributed by atoms with Gasteiger partial charge in [0.1, 0.15) is 10.8 Å². The first-order chi connectivity index (χ1) is 10.0. The first kappa shape index (κ1) is 15.4. The van der Waals surface area contributed by atoms with Gasteiger partial charge in [-0.2, -0.15) is 0 Å². The molecule has 21 heavy (non-hydrogen) atoms. The van der Waals surface area contributed by atoms with Gasteiger partial charge >= 0.3 is 0 Å². The first-order valence-electron chi connectivity index (χ1n) is 6.87. The molecule has 0 fully saturated rings. The van der Waals surface area contributed by atoms with Crippen LogP contribution in [0.4, 0.5) is 5.13 Å². The smallest absolute Gasteiger partial charge is 0.229 e. The van der Waals surface area contributed by atoms with Crippen LogP contribution in [0.2, 0.25) is 0 Å². The Labute approximate surface area is 128 Å². The molecule has 0 atom stereocenters. The van der Waals surface area contributed by atoms with Crippen molar-refractivity contribution in [2.24, 2.45) is 0 Å². The van der Waals surface area contributed by atoms with Crippen LogP contribution in [-0.4, -0.2) is 22.7 Å². The molecule has 1 heterocycles. The zero-order valence-electron chi connectivity index (χ0n) is 12.4. The molecule has 0 spiro atoms. The molecule has 6 heteroatoms. The van der Waals surface area contributed by atoms with Crippen molar-refractivity contribution < 1.29 is 9.53 Å². The maximum absolute atomic E-state index is 11.8. The van der Waals surface area contributed by atoms with Gasteiger partial charge in [0, 0.05) is 5.92 Å². The second-order valence-corrected chi connectivity index (χ2v) is 6.07. The van der Waals surface area contributed by atoms with Crippen LogP contribution >= 0.6 is 11.3 Å². The van der Waals surface area contributed by atoms with E-state index in [-0.39, 0.29) is 12.3 Å². The molecule has 2 rings (SSSR count). The normalized spacial score (nSPS) is 10.7. The van der Waals surface area contributed by atoms with Gasteiger partial charge in [0.2, 0.25) is 11.0 Å². The quantitative estimate of drug-likeness (QED) is 0.888. The van der Waals surface area contributed by atoms with Crippen LogP contribution in [-0.2, 0) is 4.79 Å². The number of carbonyl (C=O) groups is 1. The topological polar surface area (TPSA) is 64.1 Å². The Hall–Kier alpha value is -1.95. The molecular formula is C15H19N3O2S. The molecule has 0 aliphatic heterocycles. The van der Waals surface area contributed by atoms with E-state index in [2.05, 4.69) is 15.5 Å². The number of nitrogens with one attached hydrogen (secondary N) is 1. The van der Waals surface area contributed by atoms with Crippen molar-refractivity contribution >= 4 is 22.4 Å². The van der Waals surface area contributed by atoms with Crippen molar-refractivity contribution in [2.75, 3.05) is 11.9 Å². The number of aryl methyl sites for hydroxylation is 1. The summed E-state index contributed by atoms with van der Waals surface area (Å²) in [5, 5.41) is 12.2. The summed E-state index contributed by atoms with van der Waals surface area (Å²) in [7, 11) is 0. The van der Waals surface area contributed by atoms with Crippen LogP contribution in [0.5, 0.6) is 5.75 Å². The van der Waals surface area contributed by atoms with E-state index in [1.54, 1.807) is 0 Å². The Bertz CT molecular complexity index is 593. The monoisotopic (exact) mass is 305 g/mol. The van der Waals surface area contributed by atoms with Crippen molar-refractivity contribution in [3.8, 4) is 5.75 Å². The number of benzene rings is 1. The van der Waals surface area contributed by atoms with Gasteiger partial charge in [-0.3, -0.25) is 4.79 Å². The lowest BCUT2D eigenvalue weighted by molar-refractivity contribution is -0.116. The van der Waals surface area contributed by atoms with E-state index in [1.165, 1.54) is 16.9 Å². The zero-order chi connectivity index (χ0) is 15.2. The molecule has 0 radical (unpaired) electrons. The molecule has 0 bridgehead atoms. The van der Waals surface area contributed by atoms with Gasteiger partial charge < -0.3 is 10.1 Å². The van der Waals surface area contributed by atoms with Gasteiger partial charge in [-0.15, -0.1) is 10.2 Å². The first-order valence-corrected chi connectivity index (χ1v) is 7.69. The lowest BCUT2D eigenvalue weighted by Crippen LogP contribution is -2.15. The minimum atomic E-state index is -0.117. The third-order valence-electron chi connectivity index (χ3n) is 2.80. The van der Waals surface area contributed by atoms with Crippen molar-refractivity contribution in [3.63, 3.8) is 0 Å². The van der Waals surface area contributed by atoms with Crippen LogP contribution < -0.4 is 10.1 Å². The van der Waals surface area contributed by atoms with Crippen LogP contribution in [0.25, 0.3) is 0 Å². The highest BCUT2D eigenvalue weighted by Crippen LogP contribution is 2.22.